The Morgan fingerprint density at radius 2 is 2.29 bits per heavy atom. The molecule has 2 rings (SSSR count). The van der Waals surface area contributed by atoms with Crippen molar-refractivity contribution in [2.45, 2.75) is 5.03 Å². The molecule has 0 spiro atoms. The van der Waals surface area contributed by atoms with E-state index >= 15 is 0 Å². The van der Waals surface area contributed by atoms with E-state index in [4.69, 9.17) is 0 Å². The fourth-order valence-corrected chi connectivity index (χ4v) is 2.19. The highest BCUT2D eigenvalue weighted by Gasteiger charge is 2.26. The van der Waals surface area contributed by atoms with E-state index in [9.17, 15) is 13.9 Å². The Kier molecular flexibility index (Phi) is 2.01. The Bertz CT molecular complexity index is 483. The highest BCUT2D eigenvalue weighted by atomic mass is 32.2. The molecule has 6 nitrogen and oxygen atoms in total. The lowest BCUT2D eigenvalue weighted by molar-refractivity contribution is -0.112. The maximum absolute atomic E-state index is 11.3. The first kappa shape index (κ1) is 8.82. The van der Waals surface area contributed by atoms with E-state index in [0.29, 0.717) is 5.56 Å². The Morgan fingerprint density at radius 3 is 3.00 bits per heavy atom. The number of carbonyl (C=O) groups is 1. The summed E-state index contributed by atoms with van der Waals surface area (Å²) in [4.78, 5) is 28.4. The molecule has 70 valence electrons. The van der Waals surface area contributed by atoms with Gasteiger partial charge in [-0.15, -0.1) is 4.91 Å². The Labute approximate surface area is 80.5 Å². The first-order valence-corrected chi connectivity index (χ1v) is 4.76. The normalized spacial score (nSPS) is 18.6. The van der Waals surface area contributed by atoms with E-state index < -0.39 is 16.7 Å². The minimum absolute atomic E-state index is 0.00827. The number of amides is 1. The second-order valence-corrected chi connectivity index (χ2v) is 3.68. The fourth-order valence-electron chi connectivity index (χ4n) is 1.10. The third kappa shape index (κ3) is 1.18. The molecule has 0 N–H and O–H groups in total. The van der Waals surface area contributed by atoms with Gasteiger partial charge in [0.15, 0.2) is 0 Å². The zero-order valence-electron chi connectivity index (χ0n) is 6.71. The van der Waals surface area contributed by atoms with Crippen molar-refractivity contribution in [2.24, 2.45) is 5.18 Å². The predicted molar refractivity (Wildman–Crippen MR) is 47.2 cm³/mol. The Hall–Kier alpha value is -1.76. The van der Waals surface area contributed by atoms with E-state index in [1.165, 1.54) is 12.5 Å². The predicted octanol–water partition coefficient (Wildman–Crippen LogP) is 0.232. The van der Waals surface area contributed by atoms with Gasteiger partial charge in [-0.3, -0.25) is 4.79 Å². The fraction of sp³-hybridized carbons (Fsp3) is 0. The smallest absolute Gasteiger partial charge is 0.263 e. The van der Waals surface area contributed by atoms with Gasteiger partial charge in [0.25, 0.3) is 0 Å². The number of hydrogen-bond donors (Lipinski definition) is 0. The zero-order chi connectivity index (χ0) is 10.1. The largest absolute Gasteiger partial charge is 0.318 e. The lowest BCUT2D eigenvalue weighted by atomic mass is 10.1. The van der Waals surface area contributed by atoms with Gasteiger partial charge >= 0.3 is 5.91 Å². The maximum Gasteiger partial charge on any atom is 0.318 e. The molecule has 0 saturated carbocycles. The van der Waals surface area contributed by atoms with E-state index in [0.717, 1.165) is 5.41 Å². The molecule has 1 atom stereocenters. The number of nitroso groups, excluding NO2 is 1. The number of aromatic nitrogens is 2. The highest BCUT2D eigenvalue weighted by molar-refractivity contribution is 7.88. The van der Waals surface area contributed by atoms with Gasteiger partial charge < -0.3 is 0 Å². The van der Waals surface area contributed by atoms with Crippen LogP contribution in [0.3, 0.4) is 0 Å². The molecule has 0 aromatic carbocycles. The molecule has 1 aromatic heterocycles. The third-order valence-corrected chi connectivity index (χ3v) is 2.85. The third-order valence-electron chi connectivity index (χ3n) is 1.69. The van der Waals surface area contributed by atoms with Crippen molar-refractivity contribution in [1.82, 2.24) is 9.97 Å². The van der Waals surface area contributed by atoms with Crippen molar-refractivity contribution in [2.75, 3.05) is 0 Å². The quantitative estimate of drug-likeness (QED) is 0.488. The first-order valence-electron chi connectivity index (χ1n) is 3.54. The van der Waals surface area contributed by atoms with Gasteiger partial charge in [-0.05, 0) is 0 Å². The molecule has 14 heavy (non-hydrogen) atoms. The summed E-state index contributed by atoms with van der Waals surface area (Å²) >= 11 is 0. The molecule has 1 aliphatic heterocycles. The van der Waals surface area contributed by atoms with Gasteiger partial charge in [0.2, 0.25) is 0 Å². The van der Waals surface area contributed by atoms with Crippen LogP contribution in [0.15, 0.2) is 28.1 Å². The molecule has 0 radical (unpaired) electrons. The van der Waals surface area contributed by atoms with Crippen LogP contribution in [0, 0.1) is 4.91 Å². The van der Waals surface area contributed by atoms with Crippen LogP contribution in [0.2, 0.25) is 0 Å². The number of carbonyl (C=O) groups excluding carboxylic acids is 1. The Balaban J connectivity index is 2.59. The molecule has 7 heteroatoms. The van der Waals surface area contributed by atoms with Crippen LogP contribution in [-0.2, 0) is 15.6 Å². The summed E-state index contributed by atoms with van der Waals surface area (Å²) in [6, 6.07) is 0. The lowest BCUT2D eigenvalue weighted by Gasteiger charge is -1.95. The monoisotopic (exact) mass is 209 g/mol. The summed E-state index contributed by atoms with van der Waals surface area (Å²) in [5.74, 6) is -0.952. The molecule has 0 fully saturated rings. The first-order chi connectivity index (χ1) is 6.74. The van der Waals surface area contributed by atoms with Gasteiger partial charge in [0.1, 0.15) is 11.4 Å². The van der Waals surface area contributed by atoms with Gasteiger partial charge in [-0.25, -0.2) is 14.2 Å². The molecule has 0 saturated heterocycles. The van der Waals surface area contributed by atoms with Crippen LogP contribution < -0.4 is 0 Å². The standard InChI is InChI=1S/C7H3N3O3S/c11-6(10-12)5-2-14(13)7-4(5)1-8-3-9-7/h1-3H. The van der Waals surface area contributed by atoms with Gasteiger partial charge in [-0.2, -0.15) is 0 Å². The lowest BCUT2D eigenvalue weighted by Crippen LogP contribution is -1.97. The average molecular weight is 209 g/mol. The van der Waals surface area contributed by atoms with Crippen molar-refractivity contribution in [3.05, 3.63) is 28.4 Å². The number of hydrogen-bond acceptors (Lipinski definition) is 5. The number of nitrogens with zero attached hydrogens (tertiary/aromatic N) is 3. The molecular weight excluding hydrogens is 206 g/mol. The topological polar surface area (TPSA) is 89.4 Å². The zero-order valence-corrected chi connectivity index (χ0v) is 7.52. The Morgan fingerprint density at radius 1 is 1.50 bits per heavy atom. The van der Waals surface area contributed by atoms with E-state index in [2.05, 4.69) is 15.1 Å². The van der Waals surface area contributed by atoms with Crippen LogP contribution in [0.25, 0.3) is 5.57 Å². The summed E-state index contributed by atoms with van der Waals surface area (Å²) in [7, 11) is -1.48. The van der Waals surface area contributed by atoms with Crippen LogP contribution in [0.5, 0.6) is 0 Å². The summed E-state index contributed by atoms with van der Waals surface area (Å²) < 4.78 is 11.3. The van der Waals surface area contributed by atoms with Gasteiger partial charge in [0.05, 0.1) is 16.4 Å². The van der Waals surface area contributed by atoms with Crippen molar-refractivity contribution in [3.8, 4) is 0 Å². The maximum atomic E-state index is 11.3. The van der Waals surface area contributed by atoms with Crippen molar-refractivity contribution in [3.63, 3.8) is 0 Å². The molecule has 1 unspecified atom stereocenters. The van der Waals surface area contributed by atoms with Crippen LogP contribution in [0.1, 0.15) is 5.56 Å². The molecule has 0 aliphatic carbocycles. The van der Waals surface area contributed by atoms with Gasteiger partial charge in [0, 0.05) is 22.3 Å². The van der Waals surface area contributed by atoms with E-state index in [-0.39, 0.29) is 10.6 Å². The summed E-state index contributed by atoms with van der Waals surface area (Å²) in [5.41, 5.74) is 0.323. The van der Waals surface area contributed by atoms with Crippen molar-refractivity contribution >= 4 is 22.3 Å². The van der Waals surface area contributed by atoms with Crippen molar-refractivity contribution < 1.29 is 9.00 Å². The van der Waals surface area contributed by atoms with Crippen LogP contribution >= 0.6 is 0 Å². The molecule has 1 aromatic rings. The SMILES string of the molecule is O=NC(=O)C1=CS(=O)c2ncncc21. The number of fused-ring (bicyclic) bond motifs is 1. The van der Waals surface area contributed by atoms with E-state index in [1.807, 2.05) is 0 Å². The summed E-state index contributed by atoms with van der Waals surface area (Å²) in [6.07, 6.45) is 2.56. The summed E-state index contributed by atoms with van der Waals surface area (Å²) in [6.45, 7) is 0. The molecule has 1 aliphatic rings. The summed E-state index contributed by atoms with van der Waals surface area (Å²) in [5, 5.41) is 3.66. The van der Waals surface area contributed by atoms with Crippen molar-refractivity contribution in [1.29, 1.82) is 0 Å². The van der Waals surface area contributed by atoms with Crippen LogP contribution in [0.4, 0.5) is 0 Å². The van der Waals surface area contributed by atoms with E-state index in [1.54, 1.807) is 0 Å². The average Bonchev–Trinajstić information content (AvgIpc) is 2.56. The molecule has 1 amide bonds. The molecule has 0 bridgehead atoms. The molecular formula is C7H3N3O3S. The van der Waals surface area contributed by atoms with Crippen LogP contribution in [-0.4, -0.2) is 20.1 Å². The second-order valence-electron chi connectivity index (χ2n) is 2.47. The number of rotatable bonds is 1. The molecule has 2 heterocycles. The minimum Gasteiger partial charge on any atom is -0.263 e. The second kappa shape index (κ2) is 3.18. The minimum atomic E-state index is -1.48. The highest BCUT2D eigenvalue weighted by Crippen LogP contribution is 2.28. The van der Waals surface area contributed by atoms with Gasteiger partial charge in [-0.1, -0.05) is 0 Å².